The molecule has 1 N–H and O–H groups in total. The topological polar surface area (TPSA) is 75.2 Å². The fourth-order valence-corrected chi connectivity index (χ4v) is 4.63. The molecule has 0 atom stereocenters. The van der Waals surface area contributed by atoms with Gasteiger partial charge in [-0.1, -0.05) is 46.7 Å². The molecular formula is C22H21ClN4O2S. The van der Waals surface area contributed by atoms with Crippen LogP contribution in [0.3, 0.4) is 0 Å². The monoisotopic (exact) mass is 440 g/mol. The largest absolute Gasteiger partial charge is 0.339 e. The summed E-state index contributed by atoms with van der Waals surface area (Å²) >= 11 is 7.26. The molecule has 4 rings (SSSR count). The molecule has 1 aliphatic heterocycles. The van der Waals surface area contributed by atoms with E-state index in [1.165, 1.54) is 11.3 Å². The normalized spacial score (nSPS) is 14.5. The molecule has 0 unspecified atom stereocenters. The molecule has 0 spiro atoms. The zero-order valence-electron chi connectivity index (χ0n) is 16.5. The Balaban J connectivity index is 1.36. The molecule has 1 fully saturated rings. The Morgan fingerprint density at radius 1 is 1.10 bits per heavy atom. The highest BCUT2D eigenvalue weighted by atomic mass is 35.5. The van der Waals surface area contributed by atoms with Crippen molar-refractivity contribution in [2.75, 3.05) is 18.4 Å². The minimum absolute atomic E-state index is 0.0657. The molecule has 30 heavy (non-hydrogen) atoms. The first-order valence-electron chi connectivity index (χ1n) is 9.76. The van der Waals surface area contributed by atoms with E-state index in [1.54, 1.807) is 24.3 Å². The van der Waals surface area contributed by atoms with Crippen LogP contribution in [0.5, 0.6) is 0 Å². The summed E-state index contributed by atoms with van der Waals surface area (Å²) in [6.07, 6.45) is 1.62. The lowest BCUT2D eigenvalue weighted by Crippen LogP contribution is -2.37. The first-order valence-corrected chi connectivity index (χ1v) is 11.0. The number of halogens is 1. The van der Waals surface area contributed by atoms with Crippen molar-refractivity contribution in [2.45, 2.75) is 25.7 Å². The highest BCUT2D eigenvalue weighted by Crippen LogP contribution is 2.31. The van der Waals surface area contributed by atoms with Crippen LogP contribution in [0.25, 0.3) is 0 Å². The molecule has 1 aliphatic rings. The van der Waals surface area contributed by atoms with Crippen LogP contribution in [-0.2, 0) is 0 Å². The number of carbonyl (C=O) groups excluding carboxylic acids is 2. The summed E-state index contributed by atoms with van der Waals surface area (Å²) in [6, 6.07) is 14.6. The third-order valence-corrected chi connectivity index (χ3v) is 6.43. The predicted octanol–water partition coefficient (Wildman–Crippen LogP) is 4.77. The van der Waals surface area contributed by atoms with Crippen LogP contribution in [0.1, 0.15) is 49.5 Å². The fraction of sp³-hybridized carbons (Fsp3) is 0.273. The van der Waals surface area contributed by atoms with E-state index < -0.39 is 0 Å². The molecule has 0 aliphatic carbocycles. The number of piperidine rings is 1. The predicted molar refractivity (Wildman–Crippen MR) is 118 cm³/mol. The number of amides is 2. The van der Waals surface area contributed by atoms with E-state index in [9.17, 15) is 9.59 Å². The maximum Gasteiger partial charge on any atom is 0.286 e. The Morgan fingerprint density at radius 3 is 2.60 bits per heavy atom. The number of aryl methyl sites for hydroxylation is 1. The molecular weight excluding hydrogens is 420 g/mol. The lowest BCUT2D eigenvalue weighted by Gasteiger charge is -2.31. The second kappa shape index (κ2) is 8.93. The number of likely N-dealkylation sites (tertiary alicyclic amines) is 1. The third-order valence-electron chi connectivity index (χ3n) is 5.11. The fourth-order valence-electron chi connectivity index (χ4n) is 3.53. The molecule has 8 heteroatoms. The van der Waals surface area contributed by atoms with Gasteiger partial charge in [0, 0.05) is 35.3 Å². The van der Waals surface area contributed by atoms with Gasteiger partial charge in [0.25, 0.3) is 11.8 Å². The van der Waals surface area contributed by atoms with Gasteiger partial charge in [0.2, 0.25) is 5.01 Å². The Morgan fingerprint density at radius 2 is 1.87 bits per heavy atom. The summed E-state index contributed by atoms with van der Waals surface area (Å²) in [5.41, 5.74) is 2.42. The number of carbonyl (C=O) groups is 2. The molecule has 0 saturated carbocycles. The number of benzene rings is 2. The summed E-state index contributed by atoms with van der Waals surface area (Å²) in [5, 5.41) is 12.8. The van der Waals surface area contributed by atoms with Gasteiger partial charge < -0.3 is 10.2 Å². The highest BCUT2D eigenvalue weighted by Gasteiger charge is 2.27. The molecule has 2 amide bonds. The molecule has 2 aromatic carbocycles. The number of hydrogen-bond donors (Lipinski definition) is 1. The van der Waals surface area contributed by atoms with Crippen molar-refractivity contribution < 1.29 is 9.59 Å². The van der Waals surface area contributed by atoms with Crippen LogP contribution in [0.4, 0.5) is 5.69 Å². The minimum atomic E-state index is -0.298. The zero-order valence-corrected chi connectivity index (χ0v) is 18.0. The number of aromatic nitrogens is 2. The number of hydrogen-bond acceptors (Lipinski definition) is 5. The van der Waals surface area contributed by atoms with Gasteiger partial charge in [-0.25, -0.2) is 0 Å². The lowest BCUT2D eigenvalue weighted by molar-refractivity contribution is 0.0712. The van der Waals surface area contributed by atoms with Gasteiger partial charge >= 0.3 is 0 Å². The Labute approximate surface area is 183 Å². The van der Waals surface area contributed by atoms with Crippen molar-refractivity contribution in [3.63, 3.8) is 0 Å². The van der Waals surface area contributed by atoms with Crippen LogP contribution in [0.2, 0.25) is 5.02 Å². The molecule has 2 heterocycles. The number of rotatable bonds is 4. The Kier molecular flexibility index (Phi) is 6.11. The minimum Gasteiger partial charge on any atom is -0.339 e. The van der Waals surface area contributed by atoms with Crippen molar-refractivity contribution in [3.8, 4) is 0 Å². The second-order valence-corrected chi connectivity index (χ2v) is 8.79. The van der Waals surface area contributed by atoms with Crippen molar-refractivity contribution in [1.82, 2.24) is 15.1 Å². The number of nitrogens with zero attached hydrogens (tertiary/aromatic N) is 3. The summed E-state index contributed by atoms with van der Waals surface area (Å²) in [7, 11) is 0. The van der Waals surface area contributed by atoms with Crippen LogP contribution in [0.15, 0.2) is 48.5 Å². The maximum atomic E-state index is 12.7. The van der Waals surface area contributed by atoms with Crippen LogP contribution >= 0.6 is 22.9 Å². The summed E-state index contributed by atoms with van der Waals surface area (Å²) < 4.78 is 0. The number of nitrogens with one attached hydrogen (secondary N) is 1. The van der Waals surface area contributed by atoms with Gasteiger partial charge in [-0.15, -0.1) is 10.2 Å². The van der Waals surface area contributed by atoms with Crippen molar-refractivity contribution in [3.05, 3.63) is 74.7 Å². The maximum absolute atomic E-state index is 12.7. The summed E-state index contributed by atoms with van der Waals surface area (Å²) in [4.78, 5) is 27.1. The van der Waals surface area contributed by atoms with Crippen LogP contribution < -0.4 is 5.32 Å². The molecule has 1 saturated heterocycles. The van der Waals surface area contributed by atoms with Crippen molar-refractivity contribution in [1.29, 1.82) is 0 Å². The molecule has 154 valence electrons. The first kappa shape index (κ1) is 20.5. The second-order valence-electron chi connectivity index (χ2n) is 7.35. The SMILES string of the molecule is Cc1cccc(C(=O)N2CCC(c3nnc(C(=O)Nc4cccc(Cl)c4)s3)CC2)c1. The highest BCUT2D eigenvalue weighted by molar-refractivity contribution is 7.13. The first-order chi connectivity index (χ1) is 14.5. The van der Waals surface area contributed by atoms with Gasteiger partial charge in [-0.05, 0) is 50.1 Å². The van der Waals surface area contributed by atoms with Gasteiger partial charge in [-0.3, -0.25) is 9.59 Å². The van der Waals surface area contributed by atoms with Crippen LogP contribution in [0, 0.1) is 6.92 Å². The van der Waals surface area contributed by atoms with Crippen molar-refractivity contribution in [2.24, 2.45) is 0 Å². The third kappa shape index (κ3) is 4.68. The smallest absolute Gasteiger partial charge is 0.286 e. The van der Waals surface area contributed by atoms with Gasteiger partial charge in [-0.2, -0.15) is 0 Å². The van der Waals surface area contributed by atoms with E-state index in [0.717, 1.165) is 29.0 Å². The van der Waals surface area contributed by atoms with Crippen LogP contribution in [-0.4, -0.2) is 40.0 Å². The van der Waals surface area contributed by atoms with E-state index in [4.69, 9.17) is 11.6 Å². The standard InChI is InChI=1S/C22H21ClN4O2S/c1-14-4-2-5-16(12-14)22(29)27-10-8-15(9-11-27)20-25-26-21(30-20)19(28)24-18-7-3-6-17(23)13-18/h2-7,12-13,15H,8-11H2,1H3,(H,24,28). The van der Waals surface area contributed by atoms with Crippen molar-refractivity contribution >= 4 is 40.4 Å². The van der Waals surface area contributed by atoms with E-state index in [0.29, 0.717) is 28.8 Å². The quantitative estimate of drug-likeness (QED) is 0.633. The summed E-state index contributed by atoms with van der Waals surface area (Å²) in [5.74, 6) is -0.0270. The summed E-state index contributed by atoms with van der Waals surface area (Å²) in [6.45, 7) is 3.32. The van der Waals surface area contributed by atoms with E-state index in [-0.39, 0.29) is 17.7 Å². The van der Waals surface area contributed by atoms with E-state index >= 15 is 0 Å². The molecule has 0 bridgehead atoms. The van der Waals surface area contributed by atoms with Gasteiger partial charge in [0.05, 0.1) is 0 Å². The average molecular weight is 441 g/mol. The van der Waals surface area contributed by atoms with Gasteiger partial charge in [0.1, 0.15) is 5.01 Å². The Bertz CT molecular complexity index is 1080. The Hall–Kier alpha value is -2.77. The van der Waals surface area contributed by atoms with Gasteiger partial charge in [0.15, 0.2) is 0 Å². The van der Waals surface area contributed by atoms with E-state index in [2.05, 4.69) is 15.5 Å². The average Bonchev–Trinajstić information content (AvgIpc) is 3.24. The zero-order chi connectivity index (χ0) is 21.1. The molecule has 3 aromatic rings. The lowest BCUT2D eigenvalue weighted by atomic mass is 9.97. The molecule has 0 radical (unpaired) electrons. The molecule has 6 nitrogen and oxygen atoms in total. The number of anilines is 1. The van der Waals surface area contributed by atoms with E-state index in [1.807, 2.05) is 36.1 Å². The molecule has 1 aromatic heterocycles.